The summed E-state index contributed by atoms with van der Waals surface area (Å²) in [6.07, 6.45) is 4.11. The largest absolute Gasteiger partial charge is 1.00 e. The number of methoxy groups -OCH3 is 2. The van der Waals surface area contributed by atoms with Crippen LogP contribution in [-0.2, 0) is 6.54 Å². The van der Waals surface area contributed by atoms with Gasteiger partial charge in [-0.1, -0.05) is 4.68 Å². The van der Waals surface area contributed by atoms with Crippen molar-refractivity contribution in [2.75, 3.05) is 14.2 Å². The first-order valence-electron chi connectivity index (χ1n) is 6.45. The Hall–Kier alpha value is -1.59. The summed E-state index contributed by atoms with van der Waals surface area (Å²) in [6, 6.07) is 5.79. The summed E-state index contributed by atoms with van der Waals surface area (Å²) >= 11 is 1.68. The summed E-state index contributed by atoms with van der Waals surface area (Å²) in [5.41, 5.74) is 1.02. The van der Waals surface area contributed by atoms with Crippen molar-refractivity contribution in [3.8, 4) is 11.5 Å². The van der Waals surface area contributed by atoms with Crippen LogP contribution in [0.25, 0.3) is 12.2 Å². The first-order chi connectivity index (χ1) is 9.67. The fraction of sp³-hybridized carbons (Fsp3) is 0.333. The van der Waals surface area contributed by atoms with Gasteiger partial charge in [-0.2, -0.15) is 0 Å². The summed E-state index contributed by atoms with van der Waals surface area (Å²) in [7, 11) is 3.31. The predicted octanol–water partition coefficient (Wildman–Crippen LogP) is -0.0495. The van der Waals surface area contributed by atoms with Crippen molar-refractivity contribution in [1.82, 2.24) is 5.10 Å². The number of halogens is 1. The van der Waals surface area contributed by atoms with Crippen molar-refractivity contribution in [3.05, 3.63) is 33.8 Å². The fourth-order valence-electron chi connectivity index (χ4n) is 1.91. The van der Waals surface area contributed by atoms with Gasteiger partial charge in [0.15, 0.2) is 11.6 Å². The van der Waals surface area contributed by atoms with Crippen LogP contribution in [0.1, 0.15) is 22.5 Å². The molecule has 0 saturated carbocycles. The summed E-state index contributed by atoms with van der Waals surface area (Å²) in [6.45, 7) is 4.97. The maximum Gasteiger partial charge on any atom is 0.289 e. The summed E-state index contributed by atoms with van der Waals surface area (Å²) in [5.74, 6) is 1.58. The minimum atomic E-state index is 0. The molecule has 1 heterocycles. The van der Waals surface area contributed by atoms with E-state index < -0.39 is 0 Å². The van der Waals surface area contributed by atoms with Crippen LogP contribution in [0.15, 0.2) is 18.2 Å². The molecule has 0 aliphatic carbocycles. The number of aryl methyl sites for hydroxylation is 2. The van der Waals surface area contributed by atoms with Gasteiger partial charge in [0.1, 0.15) is 11.5 Å². The third-order valence-electron chi connectivity index (χ3n) is 2.91. The van der Waals surface area contributed by atoms with Crippen molar-refractivity contribution >= 4 is 23.5 Å². The SMILES string of the molecule is CC[n+]1nc(C)sc1/C=C/c1ccc(OC)cc1OC.[Cl-]. The third-order valence-corrected chi connectivity index (χ3v) is 3.85. The molecule has 6 heteroatoms. The zero-order valence-corrected chi connectivity index (χ0v) is 14.2. The Labute approximate surface area is 135 Å². The molecule has 0 amide bonds. The predicted molar refractivity (Wildman–Crippen MR) is 81.2 cm³/mol. The lowest BCUT2D eigenvalue weighted by Crippen LogP contribution is -3.00. The molecule has 0 bridgehead atoms. The van der Waals surface area contributed by atoms with Crippen molar-refractivity contribution in [2.24, 2.45) is 0 Å². The number of ether oxygens (including phenoxy) is 2. The van der Waals surface area contributed by atoms with Crippen LogP contribution in [-0.4, -0.2) is 19.3 Å². The van der Waals surface area contributed by atoms with E-state index in [4.69, 9.17) is 9.47 Å². The average Bonchev–Trinajstić information content (AvgIpc) is 2.85. The summed E-state index contributed by atoms with van der Waals surface area (Å²) < 4.78 is 12.6. The molecule has 0 unspecified atom stereocenters. The van der Waals surface area contributed by atoms with E-state index in [1.807, 2.05) is 35.9 Å². The molecular formula is C15H19ClN2O2S. The molecule has 0 saturated heterocycles. The summed E-state index contributed by atoms with van der Waals surface area (Å²) in [5, 5.41) is 6.63. The Bertz CT molecular complexity index is 626. The summed E-state index contributed by atoms with van der Waals surface area (Å²) in [4.78, 5) is 0. The van der Waals surface area contributed by atoms with E-state index in [-0.39, 0.29) is 12.4 Å². The quantitative estimate of drug-likeness (QED) is 0.723. The molecule has 0 fully saturated rings. The zero-order valence-electron chi connectivity index (χ0n) is 12.6. The Morgan fingerprint density at radius 1 is 1.24 bits per heavy atom. The highest BCUT2D eigenvalue weighted by Gasteiger charge is 2.13. The van der Waals surface area contributed by atoms with Crippen LogP contribution in [0.3, 0.4) is 0 Å². The highest BCUT2D eigenvalue weighted by molar-refractivity contribution is 7.11. The van der Waals surface area contributed by atoms with E-state index in [0.29, 0.717) is 0 Å². The maximum atomic E-state index is 5.39. The molecule has 1 aromatic carbocycles. The number of rotatable bonds is 5. The smallest absolute Gasteiger partial charge is 0.289 e. The van der Waals surface area contributed by atoms with Gasteiger partial charge in [0.25, 0.3) is 5.01 Å². The van der Waals surface area contributed by atoms with Gasteiger partial charge in [-0.05, 0) is 43.4 Å². The minimum Gasteiger partial charge on any atom is -1.00 e. The lowest BCUT2D eigenvalue weighted by Gasteiger charge is -2.06. The van der Waals surface area contributed by atoms with Gasteiger partial charge < -0.3 is 21.9 Å². The van der Waals surface area contributed by atoms with Crippen LogP contribution in [0.4, 0.5) is 0 Å². The Kier molecular flexibility index (Phi) is 6.65. The average molecular weight is 327 g/mol. The minimum absolute atomic E-state index is 0. The second-order valence-corrected chi connectivity index (χ2v) is 5.43. The first-order valence-corrected chi connectivity index (χ1v) is 7.27. The number of aromatic nitrogens is 2. The molecular weight excluding hydrogens is 308 g/mol. The van der Waals surface area contributed by atoms with E-state index in [1.54, 1.807) is 25.6 Å². The monoisotopic (exact) mass is 326 g/mol. The standard InChI is InChI=1S/C15H19N2O2S.ClH/c1-5-17-15(20-11(2)16-17)9-7-12-6-8-13(18-3)10-14(12)19-4;/h6-10H,5H2,1-4H3;1H/q+1;/p-1/b9-7+;. The van der Waals surface area contributed by atoms with Gasteiger partial charge in [0.05, 0.1) is 14.2 Å². The van der Waals surface area contributed by atoms with Gasteiger partial charge >= 0.3 is 0 Å². The molecule has 0 N–H and O–H groups in total. The third kappa shape index (κ3) is 4.19. The Morgan fingerprint density at radius 3 is 2.62 bits per heavy atom. The first kappa shape index (κ1) is 17.5. The molecule has 2 aromatic rings. The van der Waals surface area contributed by atoms with Gasteiger partial charge in [0, 0.05) is 22.8 Å². The van der Waals surface area contributed by atoms with E-state index >= 15 is 0 Å². The van der Waals surface area contributed by atoms with Gasteiger partial charge in [-0.3, -0.25) is 0 Å². The molecule has 4 nitrogen and oxygen atoms in total. The van der Waals surface area contributed by atoms with E-state index in [9.17, 15) is 0 Å². The van der Waals surface area contributed by atoms with Crippen LogP contribution in [0, 0.1) is 6.92 Å². The number of hydrogen-bond acceptors (Lipinski definition) is 4. The maximum absolute atomic E-state index is 5.39. The van der Waals surface area contributed by atoms with Crippen LogP contribution < -0.4 is 26.6 Å². The number of hydrogen-bond donors (Lipinski definition) is 0. The van der Waals surface area contributed by atoms with E-state index in [0.717, 1.165) is 33.6 Å². The number of nitrogens with zero attached hydrogens (tertiary/aromatic N) is 2. The topological polar surface area (TPSA) is 35.2 Å². The van der Waals surface area contributed by atoms with Crippen molar-refractivity contribution in [3.63, 3.8) is 0 Å². The van der Waals surface area contributed by atoms with Gasteiger partial charge in [-0.25, -0.2) is 0 Å². The number of benzene rings is 1. The zero-order chi connectivity index (χ0) is 14.5. The Balaban J connectivity index is 0.00000220. The second-order valence-electron chi connectivity index (χ2n) is 4.22. The fourth-order valence-corrected chi connectivity index (χ4v) is 2.76. The lowest BCUT2D eigenvalue weighted by molar-refractivity contribution is -0.747. The highest BCUT2D eigenvalue weighted by atomic mass is 35.5. The molecule has 0 aliphatic heterocycles. The van der Waals surface area contributed by atoms with Crippen molar-refractivity contribution in [1.29, 1.82) is 0 Å². The lowest BCUT2D eigenvalue weighted by atomic mass is 10.2. The van der Waals surface area contributed by atoms with Crippen molar-refractivity contribution in [2.45, 2.75) is 20.4 Å². The molecule has 0 spiro atoms. The van der Waals surface area contributed by atoms with Gasteiger partial charge in [0.2, 0.25) is 0 Å². The van der Waals surface area contributed by atoms with Crippen LogP contribution >= 0.6 is 11.3 Å². The van der Waals surface area contributed by atoms with Crippen molar-refractivity contribution < 1.29 is 26.6 Å². The molecule has 2 rings (SSSR count). The normalized spacial score (nSPS) is 10.5. The molecule has 0 atom stereocenters. The molecule has 0 aliphatic rings. The van der Waals surface area contributed by atoms with Gasteiger partial charge in [-0.15, -0.1) is 0 Å². The van der Waals surface area contributed by atoms with E-state index in [2.05, 4.69) is 18.1 Å². The Morgan fingerprint density at radius 2 is 2.00 bits per heavy atom. The second kappa shape index (κ2) is 8.00. The molecule has 21 heavy (non-hydrogen) atoms. The highest BCUT2D eigenvalue weighted by Crippen LogP contribution is 2.26. The van der Waals surface area contributed by atoms with E-state index in [1.165, 1.54) is 0 Å². The molecule has 1 aromatic heterocycles. The van der Waals surface area contributed by atoms with Crippen LogP contribution in [0.2, 0.25) is 0 Å². The van der Waals surface area contributed by atoms with Crippen LogP contribution in [0.5, 0.6) is 11.5 Å². The molecule has 0 radical (unpaired) electrons. The molecule has 114 valence electrons.